The molecule has 4 rings (SSSR count). The summed E-state index contributed by atoms with van der Waals surface area (Å²) in [6.45, 7) is 1.12. The van der Waals surface area contributed by atoms with Gasteiger partial charge in [0.2, 0.25) is 0 Å². The van der Waals surface area contributed by atoms with E-state index < -0.39 is 5.82 Å². The first-order valence-corrected chi connectivity index (χ1v) is 9.31. The summed E-state index contributed by atoms with van der Waals surface area (Å²) in [5.74, 6) is 0.427. The number of nitrogens with zero attached hydrogens (tertiary/aromatic N) is 3. The standard InChI is InChI=1S/C20H17ClF2N4O/c21-16-11-14(3-6-17(16)23)20(28)27-9-7-13(8-10-27)19-24-18(25-26-19)12-1-4-15(22)5-2-12/h1-6,11,13H,7-10H2,(H,24,25,26). The van der Waals surface area contributed by atoms with E-state index in [1.165, 1.54) is 30.3 Å². The Morgan fingerprint density at radius 1 is 1.11 bits per heavy atom. The molecule has 1 aliphatic rings. The molecule has 0 aliphatic carbocycles. The summed E-state index contributed by atoms with van der Waals surface area (Å²) in [6.07, 6.45) is 1.47. The van der Waals surface area contributed by atoms with E-state index >= 15 is 0 Å². The molecule has 2 heterocycles. The maximum absolute atomic E-state index is 13.3. The summed E-state index contributed by atoms with van der Waals surface area (Å²) in [7, 11) is 0. The fourth-order valence-electron chi connectivity index (χ4n) is 3.35. The Bertz CT molecular complexity index is 998. The summed E-state index contributed by atoms with van der Waals surface area (Å²) in [6, 6.07) is 10.0. The van der Waals surface area contributed by atoms with Gasteiger partial charge >= 0.3 is 0 Å². The zero-order valence-corrected chi connectivity index (χ0v) is 15.6. The first-order valence-electron chi connectivity index (χ1n) is 8.94. The van der Waals surface area contributed by atoms with Crippen LogP contribution in [0, 0.1) is 11.6 Å². The van der Waals surface area contributed by atoms with Crippen molar-refractivity contribution < 1.29 is 13.6 Å². The third-order valence-electron chi connectivity index (χ3n) is 4.94. The number of hydrogen-bond donors (Lipinski definition) is 1. The Kier molecular flexibility index (Phi) is 5.09. The Balaban J connectivity index is 1.41. The minimum atomic E-state index is -0.542. The molecule has 0 bridgehead atoms. The van der Waals surface area contributed by atoms with Gasteiger partial charge < -0.3 is 4.90 Å². The number of H-pyrrole nitrogens is 1. The topological polar surface area (TPSA) is 61.9 Å². The minimum Gasteiger partial charge on any atom is -0.339 e. The van der Waals surface area contributed by atoms with Crippen LogP contribution in [0.3, 0.4) is 0 Å². The lowest BCUT2D eigenvalue weighted by atomic mass is 9.95. The van der Waals surface area contributed by atoms with Crippen LogP contribution in [0.2, 0.25) is 5.02 Å². The van der Waals surface area contributed by atoms with Crippen molar-refractivity contribution in [1.82, 2.24) is 20.1 Å². The van der Waals surface area contributed by atoms with Gasteiger partial charge in [0.25, 0.3) is 5.91 Å². The van der Waals surface area contributed by atoms with Crippen molar-refractivity contribution in [1.29, 1.82) is 0 Å². The van der Waals surface area contributed by atoms with Gasteiger partial charge in [-0.25, -0.2) is 13.8 Å². The number of piperidine rings is 1. The summed E-state index contributed by atoms with van der Waals surface area (Å²) in [4.78, 5) is 18.9. The largest absolute Gasteiger partial charge is 0.339 e. The highest BCUT2D eigenvalue weighted by Gasteiger charge is 2.27. The predicted octanol–water partition coefficient (Wildman–Crippen LogP) is 4.42. The van der Waals surface area contributed by atoms with Crippen LogP contribution in [0.1, 0.15) is 34.9 Å². The Morgan fingerprint density at radius 3 is 2.50 bits per heavy atom. The van der Waals surface area contributed by atoms with Crippen molar-refractivity contribution in [2.75, 3.05) is 13.1 Å². The van der Waals surface area contributed by atoms with E-state index in [0.717, 1.165) is 24.2 Å². The average Bonchev–Trinajstić information content (AvgIpc) is 3.20. The van der Waals surface area contributed by atoms with Crippen LogP contribution in [0.4, 0.5) is 8.78 Å². The molecule has 144 valence electrons. The van der Waals surface area contributed by atoms with Gasteiger partial charge in [-0.3, -0.25) is 9.89 Å². The van der Waals surface area contributed by atoms with Crippen LogP contribution >= 0.6 is 11.6 Å². The van der Waals surface area contributed by atoms with Crippen molar-refractivity contribution in [2.45, 2.75) is 18.8 Å². The zero-order valence-electron chi connectivity index (χ0n) is 14.8. The van der Waals surface area contributed by atoms with Gasteiger partial charge in [0.05, 0.1) is 5.02 Å². The van der Waals surface area contributed by atoms with Gasteiger partial charge in [-0.05, 0) is 55.3 Å². The molecule has 1 aromatic heterocycles. The summed E-state index contributed by atoms with van der Waals surface area (Å²) < 4.78 is 26.4. The molecule has 2 aromatic carbocycles. The lowest BCUT2D eigenvalue weighted by molar-refractivity contribution is 0.0711. The van der Waals surface area contributed by atoms with Crippen molar-refractivity contribution in [2.24, 2.45) is 0 Å². The molecule has 0 radical (unpaired) electrons. The maximum atomic E-state index is 13.3. The third kappa shape index (κ3) is 3.75. The molecule has 3 aromatic rings. The van der Waals surface area contributed by atoms with Crippen molar-refractivity contribution in [3.05, 3.63) is 70.5 Å². The fourth-order valence-corrected chi connectivity index (χ4v) is 3.53. The fraction of sp³-hybridized carbons (Fsp3) is 0.250. The van der Waals surface area contributed by atoms with Gasteiger partial charge in [-0.1, -0.05) is 11.6 Å². The number of halogens is 3. The lowest BCUT2D eigenvalue weighted by Gasteiger charge is -2.31. The van der Waals surface area contributed by atoms with E-state index in [1.54, 1.807) is 17.0 Å². The molecule has 0 spiro atoms. The highest BCUT2D eigenvalue weighted by Crippen LogP contribution is 2.28. The summed E-state index contributed by atoms with van der Waals surface area (Å²) in [5.41, 5.74) is 1.12. The second-order valence-electron chi connectivity index (χ2n) is 6.75. The smallest absolute Gasteiger partial charge is 0.253 e. The van der Waals surface area contributed by atoms with Gasteiger partial charge in [0, 0.05) is 30.1 Å². The van der Waals surface area contributed by atoms with E-state index in [4.69, 9.17) is 11.6 Å². The predicted molar refractivity (Wildman–Crippen MR) is 101 cm³/mol. The van der Waals surface area contributed by atoms with E-state index in [9.17, 15) is 13.6 Å². The average molecular weight is 403 g/mol. The first-order chi connectivity index (χ1) is 13.5. The molecule has 0 unspecified atom stereocenters. The van der Waals surface area contributed by atoms with E-state index in [2.05, 4.69) is 15.2 Å². The van der Waals surface area contributed by atoms with Crippen LogP contribution in [0.15, 0.2) is 42.5 Å². The number of carbonyl (C=O) groups is 1. The van der Waals surface area contributed by atoms with Crippen LogP contribution in [0.5, 0.6) is 0 Å². The van der Waals surface area contributed by atoms with Gasteiger partial charge in [0.15, 0.2) is 5.82 Å². The Hall–Kier alpha value is -2.80. The van der Waals surface area contributed by atoms with Crippen molar-refractivity contribution in [3.8, 4) is 11.4 Å². The molecule has 0 saturated carbocycles. The second-order valence-corrected chi connectivity index (χ2v) is 7.15. The zero-order chi connectivity index (χ0) is 19.7. The van der Waals surface area contributed by atoms with Crippen molar-refractivity contribution in [3.63, 3.8) is 0 Å². The molecule has 1 aliphatic heterocycles. The van der Waals surface area contributed by atoms with Crippen LogP contribution in [-0.2, 0) is 0 Å². The van der Waals surface area contributed by atoms with Crippen LogP contribution in [0.25, 0.3) is 11.4 Å². The molecule has 0 atom stereocenters. The van der Waals surface area contributed by atoms with E-state index in [0.29, 0.717) is 24.5 Å². The number of aromatic nitrogens is 3. The molecular formula is C20H17ClF2N4O. The number of carbonyl (C=O) groups excluding carboxylic acids is 1. The number of likely N-dealkylation sites (tertiary alicyclic amines) is 1. The quantitative estimate of drug-likeness (QED) is 0.705. The first kappa shape index (κ1) is 18.6. The van der Waals surface area contributed by atoms with Gasteiger partial charge in [-0.15, -0.1) is 0 Å². The normalized spacial score (nSPS) is 15.0. The van der Waals surface area contributed by atoms with E-state index in [-0.39, 0.29) is 22.7 Å². The molecule has 8 heteroatoms. The van der Waals surface area contributed by atoms with Crippen LogP contribution < -0.4 is 0 Å². The number of rotatable bonds is 3. The molecular weight excluding hydrogens is 386 g/mol. The Labute approximate surface area is 165 Å². The number of aromatic amines is 1. The molecule has 1 amide bonds. The summed E-state index contributed by atoms with van der Waals surface area (Å²) in [5, 5.41) is 7.12. The molecule has 5 nitrogen and oxygen atoms in total. The van der Waals surface area contributed by atoms with Crippen molar-refractivity contribution >= 4 is 17.5 Å². The van der Waals surface area contributed by atoms with Gasteiger partial charge in [-0.2, -0.15) is 5.10 Å². The highest BCUT2D eigenvalue weighted by molar-refractivity contribution is 6.31. The number of nitrogens with one attached hydrogen (secondary N) is 1. The molecule has 1 saturated heterocycles. The van der Waals surface area contributed by atoms with E-state index in [1.807, 2.05) is 0 Å². The van der Waals surface area contributed by atoms with Crippen LogP contribution in [-0.4, -0.2) is 39.1 Å². The second kappa shape index (κ2) is 7.67. The molecule has 28 heavy (non-hydrogen) atoms. The molecule has 1 fully saturated rings. The lowest BCUT2D eigenvalue weighted by Crippen LogP contribution is -2.38. The Morgan fingerprint density at radius 2 is 1.82 bits per heavy atom. The number of amides is 1. The SMILES string of the molecule is O=C(c1ccc(F)c(Cl)c1)N1CCC(c2nc(-c3ccc(F)cc3)n[nH]2)CC1. The third-order valence-corrected chi connectivity index (χ3v) is 5.23. The monoisotopic (exact) mass is 402 g/mol. The highest BCUT2D eigenvalue weighted by atomic mass is 35.5. The maximum Gasteiger partial charge on any atom is 0.253 e. The number of benzene rings is 2. The van der Waals surface area contributed by atoms with Gasteiger partial charge in [0.1, 0.15) is 17.5 Å². The summed E-state index contributed by atoms with van der Waals surface area (Å²) >= 11 is 5.78. The minimum absolute atomic E-state index is 0.0595. The number of hydrogen-bond acceptors (Lipinski definition) is 3. The molecule has 1 N–H and O–H groups in total.